The van der Waals surface area contributed by atoms with Crippen molar-refractivity contribution >= 4 is 34.4 Å². The maximum atomic E-state index is 13.7. The van der Waals surface area contributed by atoms with Gasteiger partial charge in [0.15, 0.2) is 5.82 Å². The number of hydrogen-bond acceptors (Lipinski definition) is 2. The van der Waals surface area contributed by atoms with Gasteiger partial charge in [-0.3, -0.25) is 0 Å². The molecule has 0 amide bonds. The summed E-state index contributed by atoms with van der Waals surface area (Å²) in [6, 6.07) is 2.25. The van der Waals surface area contributed by atoms with Crippen LogP contribution in [0, 0.1) is 11.6 Å². The molecule has 0 aliphatic rings. The molecule has 2 aromatic rings. The van der Waals surface area contributed by atoms with Crippen molar-refractivity contribution < 1.29 is 8.78 Å². The van der Waals surface area contributed by atoms with Crippen LogP contribution in [-0.4, -0.2) is 21.1 Å². The normalized spacial score (nSPS) is 13.1. The largest absolute Gasteiger partial charge is 0.323 e. The van der Waals surface area contributed by atoms with Gasteiger partial charge in [-0.2, -0.15) is 11.8 Å². The minimum absolute atomic E-state index is 0.0879. The van der Waals surface area contributed by atoms with Gasteiger partial charge >= 0.3 is 0 Å². The Morgan fingerprint density at radius 2 is 2.16 bits per heavy atom. The molecule has 1 heterocycles. The molecule has 0 bridgehead atoms. The van der Waals surface area contributed by atoms with Crippen LogP contribution < -0.4 is 0 Å². The first-order chi connectivity index (χ1) is 9.08. The summed E-state index contributed by atoms with van der Waals surface area (Å²) >= 11 is 7.64. The molecule has 0 aliphatic heterocycles. The number of benzene rings is 1. The fraction of sp³-hybridized carbons (Fsp3) is 0.462. The summed E-state index contributed by atoms with van der Waals surface area (Å²) in [7, 11) is 0. The van der Waals surface area contributed by atoms with Gasteiger partial charge in [-0.05, 0) is 18.7 Å². The Labute approximate surface area is 120 Å². The van der Waals surface area contributed by atoms with E-state index in [1.54, 1.807) is 11.8 Å². The maximum absolute atomic E-state index is 13.7. The molecule has 0 saturated carbocycles. The number of nitrogens with zero attached hydrogens (tertiary/aromatic N) is 2. The minimum Gasteiger partial charge on any atom is -0.323 e. The molecular weight excluding hydrogens is 290 g/mol. The van der Waals surface area contributed by atoms with Crippen LogP contribution >= 0.6 is 23.4 Å². The van der Waals surface area contributed by atoms with Crippen molar-refractivity contribution in [2.45, 2.75) is 25.8 Å². The van der Waals surface area contributed by atoms with Gasteiger partial charge in [0.2, 0.25) is 0 Å². The number of imidazole rings is 1. The molecule has 0 N–H and O–H groups in total. The molecule has 0 saturated heterocycles. The summed E-state index contributed by atoms with van der Waals surface area (Å²) in [5.41, 5.74) is 0.655. The fourth-order valence-corrected chi connectivity index (χ4v) is 3.03. The van der Waals surface area contributed by atoms with Gasteiger partial charge in [-0.15, -0.1) is 11.6 Å². The average molecular weight is 305 g/mol. The van der Waals surface area contributed by atoms with Crippen molar-refractivity contribution in [1.82, 2.24) is 9.55 Å². The van der Waals surface area contributed by atoms with Crippen molar-refractivity contribution in [2.75, 3.05) is 11.5 Å². The van der Waals surface area contributed by atoms with Gasteiger partial charge in [0, 0.05) is 17.9 Å². The van der Waals surface area contributed by atoms with Crippen molar-refractivity contribution in [3.63, 3.8) is 0 Å². The van der Waals surface area contributed by atoms with E-state index < -0.39 is 11.6 Å². The maximum Gasteiger partial charge on any atom is 0.153 e. The molecule has 2 rings (SSSR count). The average Bonchev–Trinajstić information content (AvgIpc) is 2.74. The van der Waals surface area contributed by atoms with E-state index in [-0.39, 0.29) is 17.4 Å². The molecule has 2 nitrogen and oxygen atoms in total. The summed E-state index contributed by atoms with van der Waals surface area (Å²) in [4.78, 5) is 4.18. The van der Waals surface area contributed by atoms with Crippen LogP contribution in [-0.2, 0) is 5.88 Å². The molecule has 1 unspecified atom stereocenters. The molecule has 0 spiro atoms. The summed E-state index contributed by atoms with van der Waals surface area (Å²) in [6.07, 6.45) is 0. The highest BCUT2D eigenvalue weighted by atomic mass is 35.5. The molecule has 1 aromatic heterocycles. The summed E-state index contributed by atoms with van der Waals surface area (Å²) in [5.74, 6) is 1.36. The highest BCUT2D eigenvalue weighted by Gasteiger charge is 2.18. The monoisotopic (exact) mass is 304 g/mol. The Bertz CT molecular complexity index is 586. The number of alkyl halides is 1. The van der Waals surface area contributed by atoms with Crippen molar-refractivity contribution in [3.8, 4) is 0 Å². The van der Waals surface area contributed by atoms with Crippen LogP contribution in [0.25, 0.3) is 11.0 Å². The van der Waals surface area contributed by atoms with E-state index in [9.17, 15) is 8.78 Å². The second-order valence-corrected chi connectivity index (χ2v) is 5.88. The van der Waals surface area contributed by atoms with Gasteiger partial charge in [0.05, 0.1) is 11.4 Å². The predicted molar refractivity (Wildman–Crippen MR) is 76.9 cm³/mol. The number of hydrogen-bond donors (Lipinski definition) is 0. The quantitative estimate of drug-likeness (QED) is 0.764. The van der Waals surface area contributed by atoms with E-state index >= 15 is 0 Å². The number of thioether (sulfide) groups is 1. The number of aromatic nitrogens is 2. The molecule has 19 heavy (non-hydrogen) atoms. The van der Waals surface area contributed by atoms with Crippen LogP contribution in [0.15, 0.2) is 12.1 Å². The third kappa shape index (κ3) is 2.87. The van der Waals surface area contributed by atoms with Gasteiger partial charge in [0.1, 0.15) is 17.2 Å². The van der Waals surface area contributed by atoms with Crippen LogP contribution in [0.2, 0.25) is 0 Å². The SMILES string of the molecule is CCSCC(C)n1c(CCl)nc2c(F)cc(F)cc21. The van der Waals surface area contributed by atoms with Crippen LogP contribution in [0.1, 0.15) is 25.7 Å². The Kier molecular flexibility index (Phi) is 4.68. The lowest BCUT2D eigenvalue weighted by molar-refractivity contribution is 0.585. The van der Waals surface area contributed by atoms with Crippen molar-refractivity contribution in [3.05, 3.63) is 29.6 Å². The zero-order valence-electron chi connectivity index (χ0n) is 10.8. The van der Waals surface area contributed by atoms with E-state index in [2.05, 4.69) is 11.9 Å². The molecule has 6 heteroatoms. The first-order valence-corrected chi connectivity index (χ1v) is 7.77. The first-order valence-electron chi connectivity index (χ1n) is 6.08. The lowest BCUT2D eigenvalue weighted by Crippen LogP contribution is -2.11. The summed E-state index contributed by atoms with van der Waals surface area (Å²) < 4.78 is 28.9. The Balaban J connectivity index is 2.56. The third-order valence-electron chi connectivity index (χ3n) is 2.91. The van der Waals surface area contributed by atoms with E-state index in [4.69, 9.17) is 11.6 Å². The Hall–Kier alpha value is -0.810. The first kappa shape index (κ1) is 14.6. The van der Waals surface area contributed by atoms with E-state index in [1.807, 2.05) is 11.5 Å². The predicted octanol–water partition coefficient (Wildman–Crippen LogP) is 4.37. The molecular formula is C13H15ClF2N2S. The summed E-state index contributed by atoms with van der Waals surface area (Å²) in [6.45, 7) is 4.08. The third-order valence-corrected chi connectivity index (χ3v) is 4.28. The van der Waals surface area contributed by atoms with E-state index in [1.165, 1.54) is 6.07 Å². The van der Waals surface area contributed by atoms with E-state index in [0.29, 0.717) is 11.3 Å². The molecule has 0 fully saturated rings. The molecule has 0 aliphatic carbocycles. The zero-order valence-corrected chi connectivity index (χ0v) is 12.4. The Morgan fingerprint density at radius 3 is 2.79 bits per heavy atom. The van der Waals surface area contributed by atoms with Crippen molar-refractivity contribution in [1.29, 1.82) is 0 Å². The smallest absolute Gasteiger partial charge is 0.153 e. The molecule has 104 valence electrons. The molecule has 1 aromatic carbocycles. The van der Waals surface area contributed by atoms with E-state index in [0.717, 1.165) is 17.6 Å². The van der Waals surface area contributed by atoms with Gasteiger partial charge in [-0.1, -0.05) is 6.92 Å². The fourth-order valence-electron chi connectivity index (χ4n) is 2.12. The van der Waals surface area contributed by atoms with Gasteiger partial charge in [0.25, 0.3) is 0 Å². The van der Waals surface area contributed by atoms with Crippen LogP contribution in [0.3, 0.4) is 0 Å². The number of halogens is 3. The van der Waals surface area contributed by atoms with Gasteiger partial charge < -0.3 is 4.57 Å². The number of fused-ring (bicyclic) bond motifs is 1. The van der Waals surface area contributed by atoms with Gasteiger partial charge in [-0.25, -0.2) is 13.8 Å². The highest BCUT2D eigenvalue weighted by molar-refractivity contribution is 7.99. The highest BCUT2D eigenvalue weighted by Crippen LogP contribution is 2.27. The second kappa shape index (κ2) is 6.09. The van der Waals surface area contributed by atoms with Crippen molar-refractivity contribution in [2.24, 2.45) is 0 Å². The topological polar surface area (TPSA) is 17.8 Å². The zero-order chi connectivity index (χ0) is 14.0. The number of rotatable bonds is 5. The molecule has 0 radical (unpaired) electrons. The standard InChI is InChI=1S/C13H15ClF2N2S/c1-3-19-7-8(2)18-11-5-9(15)4-10(16)13(11)17-12(18)6-14/h4-5,8H,3,6-7H2,1-2H3. The summed E-state index contributed by atoms with van der Waals surface area (Å²) in [5, 5.41) is 0. The molecule has 1 atom stereocenters. The lowest BCUT2D eigenvalue weighted by Gasteiger charge is -2.16. The Morgan fingerprint density at radius 1 is 1.42 bits per heavy atom. The lowest BCUT2D eigenvalue weighted by atomic mass is 10.2. The minimum atomic E-state index is -0.643. The van der Waals surface area contributed by atoms with Crippen LogP contribution in [0.4, 0.5) is 8.78 Å². The second-order valence-electron chi connectivity index (χ2n) is 4.30. The van der Waals surface area contributed by atoms with Crippen LogP contribution in [0.5, 0.6) is 0 Å².